The van der Waals surface area contributed by atoms with Crippen molar-refractivity contribution in [1.29, 1.82) is 0 Å². The molecule has 0 radical (unpaired) electrons. The van der Waals surface area contributed by atoms with Crippen molar-refractivity contribution in [2.45, 2.75) is 6.17 Å². The number of hydrogen-bond acceptors (Lipinski definition) is 4. The second-order valence-electron chi connectivity index (χ2n) is 2.30. The van der Waals surface area contributed by atoms with Crippen LogP contribution in [0.25, 0.3) is 0 Å². The summed E-state index contributed by atoms with van der Waals surface area (Å²) in [7, 11) is -7.16. The fraction of sp³-hybridized carbons (Fsp3) is 0.750. The molecule has 1 aliphatic heterocycles. The van der Waals surface area contributed by atoms with Gasteiger partial charge in [-0.25, -0.2) is 8.60 Å². The molecular formula is C4H7FO4S2. The zero-order valence-electron chi connectivity index (χ0n) is 5.53. The molecule has 1 rings (SSSR count). The van der Waals surface area contributed by atoms with Gasteiger partial charge in [0.05, 0.1) is 15.6 Å². The third-order valence-corrected chi connectivity index (χ3v) is 4.51. The summed E-state index contributed by atoms with van der Waals surface area (Å²) in [5.74, 6) is 1.80. The van der Waals surface area contributed by atoms with E-state index in [0.29, 0.717) is 0 Å². The topological polar surface area (TPSA) is 60.4 Å². The van der Waals surface area contributed by atoms with Gasteiger partial charge < -0.3 is 0 Å². The normalized spacial score (nSPS) is 43.5. The monoisotopic (exact) mass is 202 g/mol. The molecule has 0 bridgehead atoms. The van der Waals surface area contributed by atoms with E-state index in [1.165, 1.54) is 0 Å². The van der Waals surface area contributed by atoms with Crippen LogP contribution in [-0.4, -0.2) is 36.2 Å². The minimum Gasteiger partial charge on any atom is -0.245 e. The zero-order valence-corrected chi connectivity index (χ0v) is 7.16. The van der Waals surface area contributed by atoms with Crippen molar-refractivity contribution in [3.8, 4) is 0 Å². The van der Waals surface area contributed by atoms with Gasteiger partial charge in [0.15, 0.2) is 0 Å². The molecule has 1 aliphatic rings. The van der Waals surface area contributed by atoms with Gasteiger partial charge in [-0.05, 0) is 5.87 Å². The van der Waals surface area contributed by atoms with Crippen molar-refractivity contribution in [3.05, 3.63) is 0 Å². The quantitative estimate of drug-likeness (QED) is 0.488. The Hall–Kier alpha value is -0.140. The predicted molar refractivity (Wildman–Crippen MR) is 39.9 cm³/mol. The molecule has 4 nitrogen and oxygen atoms in total. The lowest BCUT2D eigenvalue weighted by Gasteiger charge is -2.18. The summed E-state index contributed by atoms with van der Waals surface area (Å²) >= 11 is 0. The molecule has 2 unspecified atom stereocenters. The summed E-state index contributed by atoms with van der Waals surface area (Å²) in [4.78, 5) is 0. The maximum absolute atomic E-state index is 12.5. The average Bonchev–Trinajstić information content (AvgIpc) is 1.49. The molecule has 66 valence electrons. The van der Waals surface area contributed by atoms with Crippen molar-refractivity contribution >= 4 is 25.8 Å². The van der Waals surface area contributed by atoms with E-state index in [-0.39, 0.29) is 0 Å². The van der Waals surface area contributed by atoms with Crippen LogP contribution in [0.4, 0.5) is 4.39 Å². The fourth-order valence-corrected chi connectivity index (χ4v) is 4.12. The first-order valence-electron chi connectivity index (χ1n) is 2.73. The van der Waals surface area contributed by atoms with Gasteiger partial charge in [-0.1, -0.05) is 0 Å². The van der Waals surface area contributed by atoms with Crippen molar-refractivity contribution in [2.24, 2.45) is 0 Å². The van der Waals surface area contributed by atoms with Gasteiger partial charge in [-0.15, -0.1) is 0 Å². The Labute approximate surface area is 64.7 Å². The Bertz CT molecular complexity index is 306. The average molecular weight is 202 g/mol. The van der Waals surface area contributed by atoms with E-state index in [1.54, 1.807) is 0 Å². The number of rotatable bonds is 0. The number of alkyl halides is 1. The lowest BCUT2D eigenvalue weighted by Crippen LogP contribution is -2.35. The summed E-state index contributed by atoms with van der Waals surface area (Å²) in [6.45, 7) is 0. The molecule has 1 fully saturated rings. The van der Waals surface area contributed by atoms with Crippen molar-refractivity contribution in [3.63, 3.8) is 0 Å². The van der Waals surface area contributed by atoms with Crippen molar-refractivity contribution in [2.75, 3.05) is 11.5 Å². The first-order valence-corrected chi connectivity index (χ1v) is 6.13. The third kappa shape index (κ3) is 2.42. The SMILES string of the molecule is C=S1(=O)CC(F)CS(=O)(=O)O1. The van der Waals surface area contributed by atoms with Crippen LogP contribution < -0.4 is 0 Å². The van der Waals surface area contributed by atoms with Crippen LogP contribution in [0.5, 0.6) is 0 Å². The van der Waals surface area contributed by atoms with Gasteiger partial charge in [-0.2, -0.15) is 12.0 Å². The smallest absolute Gasteiger partial charge is 0.245 e. The van der Waals surface area contributed by atoms with Crippen LogP contribution in [0, 0.1) is 0 Å². The second-order valence-corrected chi connectivity index (χ2v) is 6.11. The highest BCUT2D eigenvalue weighted by Gasteiger charge is 2.32. The Morgan fingerprint density at radius 1 is 1.36 bits per heavy atom. The fourth-order valence-electron chi connectivity index (χ4n) is 0.790. The van der Waals surface area contributed by atoms with E-state index >= 15 is 0 Å². The molecule has 1 heterocycles. The van der Waals surface area contributed by atoms with Crippen molar-refractivity contribution in [1.82, 2.24) is 0 Å². The van der Waals surface area contributed by atoms with Gasteiger partial charge in [0.25, 0.3) is 10.1 Å². The first-order chi connectivity index (χ1) is 4.81. The highest BCUT2D eigenvalue weighted by atomic mass is 32.3. The maximum Gasteiger partial charge on any atom is 0.282 e. The molecule has 0 N–H and O–H groups in total. The van der Waals surface area contributed by atoms with E-state index in [2.05, 4.69) is 9.50 Å². The van der Waals surface area contributed by atoms with E-state index in [9.17, 15) is 17.0 Å². The van der Waals surface area contributed by atoms with Gasteiger partial charge in [0, 0.05) is 0 Å². The summed E-state index contributed by atoms with van der Waals surface area (Å²) in [5, 5.41) is 0. The van der Waals surface area contributed by atoms with E-state index in [4.69, 9.17) is 0 Å². The maximum atomic E-state index is 12.5. The van der Waals surface area contributed by atoms with Crippen LogP contribution in [0.1, 0.15) is 0 Å². The molecule has 11 heavy (non-hydrogen) atoms. The van der Waals surface area contributed by atoms with Gasteiger partial charge in [0.1, 0.15) is 11.9 Å². The molecule has 1 saturated heterocycles. The summed E-state index contributed by atoms with van der Waals surface area (Å²) in [6.07, 6.45) is -1.63. The van der Waals surface area contributed by atoms with Crippen LogP contribution in [0.15, 0.2) is 0 Å². The number of halogens is 1. The van der Waals surface area contributed by atoms with E-state index in [0.717, 1.165) is 0 Å². The third-order valence-electron chi connectivity index (χ3n) is 1.05. The highest BCUT2D eigenvalue weighted by Crippen LogP contribution is 2.14. The second kappa shape index (κ2) is 2.43. The summed E-state index contributed by atoms with van der Waals surface area (Å²) < 4.78 is 48.6. The van der Waals surface area contributed by atoms with E-state index < -0.39 is 37.6 Å². The Kier molecular flexibility index (Phi) is 1.97. The van der Waals surface area contributed by atoms with Crippen molar-refractivity contribution < 1.29 is 20.6 Å². The zero-order chi connectivity index (χ0) is 8.70. The highest BCUT2D eigenvalue weighted by molar-refractivity contribution is 8.05. The summed E-state index contributed by atoms with van der Waals surface area (Å²) in [5.41, 5.74) is 0. The Balaban J connectivity index is 3.02. The Morgan fingerprint density at radius 2 is 1.91 bits per heavy atom. The molecule has 7 heteroatoms. The molecule has 0 aliphatic carbocycles. The molecule has 2 atom stereocenters. The lowest BCUT2D eigenvalue weighted by molar-refractivity contribution is 0.366. The molecule has 0 saturated carbocycles. The Morgan fingerprint density at radius 3 is 2.27 bits per heavy atom. The van der Waals surface area contributed by atoms with Crippen LogP contribution in [0.3, 0.4) is 0 Å². The first kappa shape index (κ1) is 8.95. The van der Waals surface area contributed by atoms with Crippen LogP contribution >= 0.6 is 0 Å². The molecule has 0 aromatic heterocycles. The number of hydrogen-bond donors (Lipinski definition) is 0. The minimum absolute atomic E-state index is 0.438. The molecule has 0 spiro atoms. The molecule has 0 amide bonds. The van der Waals surface area contributed by atoms with Crippen LogP contribution in [-0.2, 0) is 23.6 Å². The standard InChI is InChI=1S/C4H7FO4S2/c1-10(6)2-4(5)3-11(7,8)9-10/h4H,1-3H2. The minimum atomic E-state index is -3.95. The molecule has 0 aromatic carbocycles. The van der Waals surface area contributed by atoms with E-state index in [1.807, 2.05) is 0 Å². The largest absolute Gasteiger partial charge is 0.282 e. The lowest BCUT2D eigenvalue weighted by atomic mass is 10.5. The molecule has 0 aromatic rings. The van der Waals surface area contributed by atoms with Gasteiger partial charge in [0.2, 0.25) is 0 Å². The predicted octanol–water partition coefficient (Wildman–Crippen LogP) is -0.684. The van der Waals surface area contributed by atoms with Gasteiger partial charge >= 0.3 is 0 Å². The molecular weight excluding hydrogens is 195 g/mol. The summed E-state index contributed by atoms with van der Waals surface area (Å²) in [6, 6.07) is 0. The van der Waals surface area contributed by atoms with Gasteiger partial charge in [-0.3, -0.25) is 0 Å². The van der Waals surface area contributed by atoms with Crippen LogP contribution in [0.2, 0.25) is 0 Å².